The Morgan fingerprint density at radius 1 is 1.35 bits per heavy atom. The Kier molecular flexibility index (Phi) is 4.65. The van der Waals surface area contributed by atoms with Crippen molar-refractivity contribution in [2.75, 3.05) is 5.88 Å². The minimum Gasteiger partial charge on any atom is -0.425 e. The maximum Gasteiger partial charge on any atom is 0.419 e. The molecule has 0 fully saturated rings. The van der Waals surface area contributed by atoms with Gasteiger partial charge in [0, 0.05) is 5.88 Å². The first-order chi connectivity index (χ1) is 7.86. The number of carbonyl (C=O) groups is 1. The van der Waals surface area contributed by atoms with E-state index in [1.165, 1.54) is 12.1 Å². The lowest BCUT2D eigenvalue weighted by Gasteiger charge is -2.13. The minimum absolute atomic E-state index is 0.241. The molecule has 0 aliphatic heterocycles. The molecule has 0 N–H and O–H groups in total. The third-order valence-electron chi connectivity index (χ3n) is 1.79. The standard InChI is InChI=1S/C10H7Cl2F3O2/c11-5-7(12)9(16)17-8-4-2-1-3-6(8)10(13,14)15/h1-4,7H,5H2. The zero-order valence-corrected chi connectivity index (χ0v) is 9.81. The van der Waals surface area contributed by atoms with Gasteiger partial charge in [-0.25, -0.2) is 4.79 Å². The Bertz CT molecular complexity index is 407. The van der Waals surface area contributed by atoms with Crippen LogP contribution >= 0.6 is 23.2 Å². The highest BCUT2D eigenvalue weighted by molar-refractivity contribution is 6.35. The fraction of sp³-hybridized carbons (Fsp3) is 0.300. The molecule has 94 valence electrons. The summed E-state index contributed by atoms with van der Waals surface area (Å²) in [6, 6.07) is 4.37. The van der Waals surface area contributed by atoms with Crippen molar-refractivity contribution in [1.29, 1.82) is 0 Å². The molecule has 0 aliphatic rings. The number of carbonyl (C=O) groups excluding carboxylic acids is 1. The lowest BCUT2D eigenvalue weighted by Crippen LogP contribution is -2.23. The second-order valence-electron chi connectivity index (χ2n) is 3.04. The summed E-state index contributed by atoms with van der Waals surface area (Å²) in [5, 5.41) is -1.18. The zero-order valence-electron chi connectivity index (χ0n) is 8.30. The van der Waals surface area contributed by atoms with Gasteiger partial charge in [0.15, 0.2) is 0 Å². The van der Waals surface area contributed by atoms with Gasteiger partial charge in [-0.2, -0.15) is 13.2 Å². The molecule has 1 rings (SSSR count). The average Bonchev–Trinajstić information content (AvgIpc) is 2.27. The molecular weight excluding hydrogens is 280 g/mol. The van der Waals surface area contributed by atoms with E-state index in [1.54, 1.807) is 0 Å². The number of rotatable bonds is 3. The van der Waals surface area contributed by atoms with Crippen molar-refractivity contribution in [1.82, 2.24) is 0 Å². The number of benzene rings is 1. The summed E-state index contributed by atoms with van der Waals surface area (Å²) >= 11 is 10.7. The van der Waals surface area contributed by atoms with Gasteiger partial charge in [-0.3, -0.25) is 0 Å². The summed E-state index contributed by atoms with van der Waals surface area (Å²) in [4.78, 5) is 11.2. The Balaban J connectivity index is 2.96. The average molecular weight is 287 g/mol. The topological polar surface area (TPSA) is 26.3 Å². The molecule has 1 atom stereocenters. The third-order valence-corrected chi connectivity index (χ3v) is 2.59. The number of alkyl halides is 5. The molecule has 0 aromatic heterocycles. The van der Waals surface area contributed by atoms with Gasteiger partial charge in [-0.15, -0.1) is 23.2 Å². The molecule has 0 heterocycles. The van der Waals surface area contributed by atoms with Crippen LogP contribution in [0.2, 0.25) is 0 Å². The fourth-order valence-corrected chi connectivity index (χ4v) is 1.20. The van der Waals surface area contributed by atoms with E-state index >= 15 is 0 Å². The Labute approximate surface area is 105 Å². The van der Waals surface area contributed by atoms with Crippen LogP contribution in [0.15, 0.2) is 24.3 Å². The van der Waals surface area contributed by atoms with E-state index in [-0.39, 0.29) is 5.88 Å². The first kappa shape index (κ1) is 14.1. The number of halogens is 5. The van der Waals surface area contributed by atoms with Crippen LogP contribution in [0.4, 0.5) is 13.2 Å². The molecule has 1 aromatic rings. The summed E-state index contributed by atoms with van der Waals surface area (Å²) < 4.78 is 42.1. The van der Waals surface area contributed by atoms with E-state index in [0.29, 0.717) is 0 Å². The number of para-hydroxylation sites is 1. The van der Waals surface area contributed by atoms with E-state index in [4.69, 9.17) is 23.2 Å². The summed E-state index contributed by atoms with van der Waals surface area (Å²) in [5.41, 5.74) is -1.04. The van der Waals surface area contributed by atoms with Crippen LogP contribution < -0.4 is 4.74 Å². The molecule has 7 heteroatoms. The number of esters is 1. The van der Waals surface area contributed by atoms with Gasteiger partial charge in [0.1, 0.15) is 11.1 Å². The second kappa shape index (κ2) is 5.60. The Morgan fingerprint density at radius 2 is 1.94 bits per heavy atom. The summed E-state index contributed by atoms with van der Waals surface area (Å²) in [5.74, 6) is -1.84. The zero-order chi connectivity index (χ0) is 13.1. The SMILES string of the molecule is O=C(Oc1ccccc1C(F)(F)F)C(Cl)CCl. The quantitative estimate of drug-likeness (QED) is 0.483. The number of hydrogen-bond donors (Lipinski definition) is 0. The summed E-state index contributed by atoms with van der Waals surface area (Å²) in [6.07, 6.45) is -4.60. The predicted molar refractivity (Wildman–Crippen MR) is 57.4 cm³/mol. The first-order valence-electron chi connectivity index (χ1n) is 4.44. The monoisotopic (exact) mass is 286 g/mol. The molecule has 1 aromatic carbocycles. The normalized spacial score (nSPS) is 13.2. The fourth-order valence-electron chi connectivity index (χ4n) is 1.03. The molecule has 0 spiro atoms. The largest absolute Gasteiger partial charge is 0.425 e. The van der Waals surface area contributed by atoms with Crippen LogP contribution in [0.1, 0.15) is 5.56 Å². The van der Waals surface area contributed by atoms with Crippen molar-refractivity contribution in [3.63, 3.8) is 0 Å². The van der Waals surface area contributed by atoms with Crippen molar-refractivity contribution in [2.24, 2.45) is 0 Å². The van der Waals surface area contributed by atoms with Gasteiger partial charge in [-0.05, 0) is 12.1 Å². The Morgan fingerprint density at radius 3 is 2.47 bits per heavy atom. The van der Waals surface area contributed by atoms with Gasteiger partial charge in [0.25, 0.3) is 0 Å². The van der Waals surface area contributed by atoms with E-state index in [1.807, 2.05) is 0 Å². The third kappa shape index (κ3) is 3.78. The lowest BCUT2D eigenvalue weighted by atomic mass is 10.2. The van der Waals surface area contributed by atoms with E-state index in [2.05, 4.69) is 4.74 Å². The van der Waals surface area contributed by atoms with Crippen molar-refractivity contribution in [3.8, 4) is 5.75 Å². The molecule has 0 saturated carbocycles. The summed E-state index contributed by atoms with van der Waals surface area (Å²) in [6.45, 7) is 0. The highest BCUT2D eigenvalue weighted by Crippen LogP contribution is 2.36. The van der Waals surface area contributed by atoms with Crippen molar-refractivity contribution >= 4 is 29.2 Å². The first-order valence-corrected chi connectivity index (χ1v) is 5.41. The highest BCUT2D eigenvalue weighted by atomic mass is 35.5. The van der Waals surface area contributed by atoms with Crippen LogP contribution in [0.5, 0.6) is 5.75 Å². The van der Waals surface area contributed by atoms with Crippen molar-refractivity contribution in [2.45, 2.75) is 11.6 Å². The molecule has 17 heavy (non-hydrogen) atoms. The molecule has 0 bridgehead atoms. The minimum atomic E-state index is -4.60. The Hall–Kier alpha value is -0.940. The van der Waals surface area contributed by atoms with Crippen molar-refractivity contribution in [3.05, 3.63) is 29.8 Å². The highest BCUT2D eigenvalue weighted by Gasteiger charge is 2.35. The molecular formula is C10H7Cl2F3O2. The molecule has 0 radical (unpaired) electrons. The van der Waals surface area contributed by atoms with Gasteiger partial charge in [0.05, 0.1) is 5.56 Å². The maximum atomic E-state index is 12.5. The molecule has 0 saturated heterocycles. The maximum absolute atomic E-state index is 12.5. The van der Waals surface area contributed by atoms with Crippen LogP contribution in [0, 0.1) is 0 Å². The van der Waals surface area contributed by atoms with Gasteiger partial charge in [0.2, 0.25) is 0 Å². The molecule has 1 unspecified atom stereocenters. The lowest BCUT2D eigenvalue weighted by molar-refractivity contribution is -0.142. The molecule has 0 aliphatic carbocycles. The second-order valence-corrected chi connectivity index (χ2v) is 3.87. The van der Waals surface area contributed by atoms with E-state index in [9.17, 15) is 18.0 Å². The van der Waals surface area contributed by atoms with Crippen LogP contribution in [0.3, 0.4) is 0 Å². The van der Waals surface area contributed by atoms with Crippen LogP contribution in [-0.2, 0) is 11.0 Å². The van der Waals surface area contributed by atoms with E-state index in [0.717, 1.165) is 12.1 Å². The van der Waals surface area contributed by atoms with Gasteiger partial charge < -0.3 is 4.74 Å². The number of hydrogen-bond acceptors (Lipinski definition) is 2. The molecule has 2 nitrogen and oxygen atoms in total. The smallest absolute Gasteiger partial charge is 0.419 e. The summed E-state index contributed by atoms with van der Waals surface area (Å²) in [7, 11) is 0. The van der Waals surface area contributed by atoms with E-state index < -0.39 is 28.8 Å². The van der Waals surface area contributed by atoms with Gasteiger partial charge in [-0.1, -0.05) is 12.1 Å². The van der Waals surface area contributed by atoms with Crippen LogP contribution in [-0.4, -0.2) is 17.2 Å². The van der Waals surface area contributed by atoms with Gasteiger partial charge >= 0.3 is 12.1 Å². The predicted octanol–water partition coefficient (Wildman–Crippen LogP) is 3.46. The van der Waals surface area contributed by atoms with Crippen molar-refractivity contribution < 1.29 is 22.7 Å². The molecule has 0 amide bonds. The number of ether oxygens (including phenoxy) is 1. The van der Waals surface area contributed by atoms with Crippen LogP contribution in [0.25, 0.3) is 0 Å².